The van der Waals surface area contributed by atoms with Crippen LogP contribution in [0.15, 0.2) is 24.3 Å². The summed E-state index contributed by atoms with van der Waals surface area (Å²) in [5, 5.41) is 2.97. The number of hydrogen-bond acceptors (Lipinski definition) is 2. The lowest BCUT2D eigenvalue weighted by Crippen LogP contribution is -2.38. The van der Waals surface area contributed by atoms with Gasteiger partial charge in [0.1, 0.15) is 0 Å². The molecule has 1 aromatic rings. The fraction of sp³-hybridized carbons (Fsp3) is 0.533. The van der Waals surface area contributed by atoms with Gasteiger partial charge in [0.15, 0.2) is 0 Å². The van der Waals surface area contributed by atoms with Crippen LogP contribution in [-0.4, -0.2) is 30.1 Å². The Morgan fingerprint density at radius 3 is 2.84 bits per heavy atom. The van der Waals surface area contributed by atoms with Crippen LogP contribution in [0.25, 0.3) is 0 Å². The second-order valence-electron chi connectivity index (χ2n) is 5.22. The number of likely N-dealkylation sites (tertiary alicyclic amines) is 1. The molecule has 4 heteroatoms. The lowest BCUT2D eigenvalue weighted by Gasteiger charge is -2.25. The van der Waals surface area contributed by atoms with Crippen molar-refractivity contribution in [2.45, 2.75) is 38.6 Å². The maximum atomic E-state index is 12.3. The maximum Gasteiger partial charge on any atom is 0.322 e. The van der Waals surface area contributed by atoms with E-state index in [4.69, 9.17) is 5.73 Å². The van der Waals surface area contributed by atoms with E-state index in [1.165, 1.54) is 5.56 Å². The predicted octanol–water partition coefficient (Wildman–Crippen LogP) is 2.73. The van der Waals surface area contributed by atoms with Gasteiger partial charge in [-0.1, -0.05) is 17.7 Å². The van der Waals surface area contributed by atoms with Crippen molar-refractivity contribution in [1.29, 1.82) is 0 Å². The maximum absolute atomic E-state index is 12.3. The average molecular weight is 261 g/mol. The number of aryl methyl sites for hydroxylation is 1. The summed E-state index contributed by atoms with van der Waals surface area (Å²) >= 11 is 0. The van der Waals surface area contributed by atoms with E-state index in [1.54, 1.807) is 0 Å². The number of amides is 2. The topological polar surface area (TPSA) is 58.4 Å². The molecule has 1 atom stereocenters. The molecule has 2 rings (SSSR count). The first-order valence-corrected chi connectivity index (χ1v) is 7.05. The fourth-order valence-electron chi connectivity index (χ4n) is 2.59. The summed E-state index contributed by atoms with van der Waals surface area (Å²) in [6.07, 6.45) is 4.19. The van der Waals surface area contributed by atoms with Gasteiger partial charge < -0.3 is 16.0 Å². The Morgan fingerprint density at radius 2 is 2.16 bits per heavy atom. The molecule has 19 heavy (non-hydrogen) atoms. The van der Waals surface area contributed by atoms with Gasteiger partial charge in [-0.15, -0.1) is 0 Å². The number of urea groups is 1. The van der Waals surface area contributed by atoms with Gasteiger partial charge in [-0.2, -0.15) is 0 Å². The zero-order chi connectivity index (χ0) is 13.7. The van der Waals surface area contributed by atoms with E-state index in [-0.39, 0.29) is 6.03 Å². The number of carbonyl (C=O) groups is 1. The van der Waals surface area contributed by atoms with Crippen molar-refractivity contribution in [3.8, 4) is 0 Å². The Kier molecular flexibility index (Phi) is 4.80. The molecule has 1 aliphatic heterocycles. The smallest absolute Gasteiger partial charge is 0.322 e. The second kappa shape index (κ2) is 6.57. The van der Waals surface area contributed by atoms with E-state index in [0.717, 1.165) is 37.9 Å². The number of nitrogens with one attached hydrogen (secondary N) is 1. The van der Waals surface area contributed by atoms with Crippen LogP contribution in [0.3, 0.4) is 0 Å². The lowest BCUT2D eigenvalue weighted by atomic mass is 10.1. The molecule has 0 radical (unpaired) electrons. The summed E-state index contributed by atoms with van der Waals surface area (Å²) in [5.41, 5.74) is 7.60. The predicted molar refractivity (Wildman–Crippen MR) is 78.2 cm³/mol. The number of rotatable bonds is 4. The minimum Gasteiger partial charge on any atom is -0.330 e. The Hall–Kier alpha value is -1.55. The van der Waals surface area contributed by atoms with Gasteiger partial charge in [-0.05, 0) is 51.3 Å². The van der Waals surface area contributed by atoms with Crippen LogP contribution in [0.1, 0.15) is 31.2 Å². The minimum absolute atomic E-state index is 0.0170. The zero-order valence-electron chi connectivity index (χ0n) is 11.6. The summed E-state index contributed by atoms with van der Waals surface area (Å²) < 4.78 is 0. The van der Waals surface area contributed by atoms with Crippen LogP contribution >= 0.6 is 0 Å². The molecule has 0 aromatic heterocycles. The first kappa shape index (κ1) is 13.9. The third kappa shape index (κ3) is 3.70. The molecule has 0 aliphatic carbocycles. The molecule has 0 spiro atoms. The number of nitrogens with two attached hydrogens (primary N) is 1. The third-order valence-corrected chi connectivity index (χ3v) is 3.68. The monoisotopic (exact) mass is 261 g/mol. The van der Waals surface area contributed by atoms with E-state index in [9.17, 15) is 4.79 Å². The Morgan fingerprint density at radius 1 is 1.42 bits per heavy atom. The van der Waals surface area contributed by atoms with Gasteiger partial charge in [-0.25, -0.2) is 4.79 Å². The molecule has 1 heterocycles. The standard InChI is InChI=1S/C15H23N3O/c1-12-6-8-13(9-7-12)17-15(19)18-11-3-5-14(18)4-2-10-16/h6-9,14H,2-5,10-11,16H2,1H3,(H,17,19). The molecule has 1 fully saturated rings. The first-order chi connectivity index (χ1) is 9.20. The molecule has 2 amide bonds. The SMILES string of the molecule is Cc1ccc(NC(=O)N2CCCC2CCCN)cc1. The molecule has 1 aromatic carbocycles. The van der Waals surface area contributed by atoms with Gasteiger partial charge in [0.05, 0.1) is 0 Å². The van der Waals surface area contributed by atoms with Crippen molar-refractivity contribution < 1.29 is 4.79 Å². The van der Waals surface area contributed by atoms with Crippen LogP contribution < -0.4 is 11.1 Å². The fourth-order valence-corrected chi connectivity index (χ4v) is 2.59. The highest BCUT2D eigenvalue weighted by Gasteiger charge is 2.27. The Labute approximate surface area is 115 Å². The average Bonchev–Trinajstić information content (AvgIpc) is 2.87. The molecule has 1 saturated heterocycles. The summed E-state index contributed by atoms with van der Waals surface area (Å²) in [5.74, 6) is 0. The summed E-state index contributed by atoms with van der Waals surface area (Å²) in [6.45, 7) is 3.59. The van der Waals surface area contributed by atoms with Crippen molar-refractivity contribution in [3.05, 3.63) is 29.8 Å². The summed E-state index contributed by atoms with van der Waals surface area (Å²) in [7, 11) is 0. The molecule has 1 unspecified atom stereocenters. The van der Waals surface area contributed by atoms with Gasteiger partial charge in [0.2, 0.25) is 0 Å². The number of benzene rings is 1. The quantitative estimate of drug-likeness (QED) is 0.875. The van der Waals surface area contributed by atoms with Crippen molar-refractivity contribution in [2.75, 3.05) is 18.4 Å². The number of nitrogens with zero attached hydrogens (tertiary/aromatic N) is 1. The Balaban J connectivity index is 1.93. The number of anilines is 1. The lowest BCUT2D eigenvalue weighted by molar-refractivity contribution is 0.203. The zero-order valence-corrected chi connectivity index (χ0v) is 11.6. The molecule has 4 nitrogen and oxygen atoms in total. The van der Waals surface area contributed by atoms with Crippen molar-refractivity contribution in [2.24, 2.45) is 5.73 Å². The van der Waals surface area contributed by atoms with Crippen molar-refractivity contribution in [1.82, 2.24) is 4.90 Å². The largest absolute Gasteiger partial charge is 0.330 e. The molecule has 0 bridgehead atoms. The Bertz CT molecular complexity index is 416. The van der Waals surface area contributed by atoms with E-state index >= 15 is 0 Å². The highest BCUT2D eigenvalue weighted by atomic mass is 16.2. The molecular weight excluding hydrogens is 238 g/mol. The van der Waals surface area contributed by atoms with Crippen LogP contribution in [0.5, 0.6) is 0 Å². The summed E-state index contributed by atoms with van der Waals surface area (Å²) in [4.78, 5) is 14.2. The van der Waals surface area contributed by atoms with E-state index in [2.05, 4.69) is 5.32 Å². The molecule has 104 valence electrons. The van der Waals surface area contributed by atoms with Crippen molar-refractivity contribution in [3.63, 3.8) is 0 Å². The van der Waals surface area contributed by atoms with Crippen molar-refractivity contribution >= 4 is 11.7 Å². The van der Waals surface area contributed by atoms with Gasteiger partial charge in [0.25, 0.3) is 0 Å². The number of hydrogen-bond donors (Lipinski definition) is 2. The third-order valence-electron chi connectivity index (χ3n) is 3.68. The van der Waals surface area contributed by atoms with Crippen LogP contribution in [0, 0.1) is 6.92 Å². The number of carbonyl (C=O) groups excluding carboxylic acids is 1. The molecule has 3 N–H and O–H groups in total. The molecular formula is C15H23N3O. The van der Waals surface area contributed by atoms with Crippen LogP contribution in [-0.2, 0) is 0 Å². The first-order valence-electron chi connectivity index (χ1n) is 7.05. The molecule has 0 saturated carbocycles. The van der Waals surface area contributed by atoms with Gasteiger partial charge in [0, 0.05) is 18.3 Å². The van der Waals surface area contributed by atoms with Gasteiger partial charge >= 0.3 is 6.03 Å². The van der Waals surface area contributed by atoms with Crippen LogP contribution in [0.2, 0.25) is 0 Å². The van der Waals surface area contributed by atoms with Gasteiger partial charge in [-0.3, -0.25) is 0 Å². The summed E-state index contributed by atoms with van der Waals surface area (Å²) in [6, 6.07) is 8.27. The minimum atomic E-state index is 0.0170. The van der Waals surface area contributed by atoms with E-state index in [1.807, 2.05) is 36.1 Å². The normalized spacial score (nSPS) is 18.6. The van der Waals surface area contributed by atoms with E-state index < -0.39 is 0 Å². The molecule has 1 aliphatic rings. The highest BCUT2D eigenvalue weighted by Crippen LogP contribution is 2.22. The second-order valence-corrected chi connectivity index (χ2v) is 5.22. The van der Waals surface area contributed by atoms with Crippen LogP contribution in [0.4, 0.5) is 10.5 Å². The van der Waals surface area contributed by atoms with E-state index in [0.29, 0.717) is 12.6 Å². The highest BCUT2D eigenvalue weighted by molar-refractivity contribution is 5.89.